The monoisotopic (exact) mass is 775 g/mol. The van der Waals surface area contributed by atoms with Crippen molar-refractivity contribution >= 4 is 48.6 Å². The lowest BCUT2D eigenvalue weighted by Crippen LogP contribution is -2.56. The van der Waals surface area contributed by atoms with Gasteiger partial charge < -0.3 is 50.5 Å². The fourth-order valence-corrected chi connectivity index (χ4v) is 6.91. The molecule has 3 aromatic carbocycles. The first kappa shape index (κ1) is 37.9. The molecule has 6 rings (SSSR count). The number of imide groups is 1. The van der Waals surface area contributed by atoms with Crippen LogP contribution >= 0.6 is 11.6 Å². The number of rotatable bonds is 7. The number of hydrogen-bond donors (Lipinski definition) is 7. The molecule has 2 atom stereocenters. The molecule has 3 aromatic rings. The number of nitrogens with zero attached hydrogens (tertiary/aromatic N) is 3. The summed E-state index contributed by atoms with van der Waals surface area (Å²) < 4.78 is 48.4. The average Bonchev–Trinajstić information content (AvgIpc) is 3.53. The summed E-state index contributed by atoms with van der Waals surface area (Å²) in [5, 5.41) is 53.8. The zero-order chi connectivity index (χ0) is 39.2. The molecule has 6 amide bonds. The summed E-state index contributed by atoms with van der Waals surface area (Å²) in [5.74, 6) is -11.4. The number of hydrogen-bond acceptors (Lipinski definition) is 10. The molecule has 284 valence electrons. The smallest absolute Gasteiger partial charge is 0.534 e. The number of carboxylic acids is 1. The molecule has 3 aliphatic heterocycles. The van der Waals surface area contributed by atoms with E-state index in [1.165, 1.54) is 15.9 Å². The Kier molecular flexibility index (Phi) is 10.4. The molecule has 2 saturated heterocycles. The Morgan fingerprint density at radius 3 is 2.30 bits per heavy atom. The maximum Gasteiger partial charge on any atom is 0.547 e. The molecular formula is C33H30BClF3N5O11. The van der Waals surface area contributed by atoms with Crippen LogP contribution in [-0.4, -0.2) is 115 Å². The fourth-order valence-electron chi connectivity index (χ4n) is 6.65. The van der Waals surface area contributed by atoms with Gasteiger partial charge in [0.25, 0.3) is 5.91 Å². The van der Waals surface area contributed by atoms with Crippen LogP contribution in [0.3, 0.4) is 0 Å². The minimum absolute atomic E-state index is 0.0439. The Hall–Kier alpha value is -5.89. The first-order valence-corrected chi connectivity index (χ1v) is 16.7. The van der Waals surface area contributed by atoms with Crippen molar-refractivity contribution < 1.29 is 67.2 Å². The average molecular weight is 776 g/mol. The number of urea groups is 2. The Morgan fingerprint density at radius 2 is 1.61 bits per heavy atom. The number of aromatic hydroxyl groups is 3. The third-order valence-corrected chi connectivity index (χ3v) is 9.84. The van der Waals surface area contributed by atoms with Crippen molar-refractivity contribution in [1.82, 2.24) is 25.3 Å². The van der Waals surface area contributed by atoms with Crippen LogP contribution < -0.4 is 15.3 Å². The van der Waals surface area contributed by atoms with E-state index in [9.17, 15) is 62.6 Å². The Balaban J connectivity index is 1.17. The number of likely N-dealkylation sites (tertiary alicyclic amines) is 1. The van der Waals surface area contributed by atoms with Gasteiger partial charge in [-0.3, -0.25) is 9.59 Å². The second-order valence-electron chi connectivity index (χ2n) is 12.7. The third kappa shape index (κ3) is 7.08. The first-order valence-electron chi connectivity index (χ1n) is 16.3. The van der Waals surface area contributed by atoms with E-state index in [-0.39, 0.29) is 62.3 Å². The number of carbonyl (C=O) groups excluding carboxylic acids is 4. The molecular weight excluding hydrogens is 746 g/mol. The molecule has 54 heavy (non-hydrogen) atoms. The second kappa shape index (κ2) is 14.9. The van der Waals surface area contributed by atoms with Gasteiger partial charge in [0.05, 0.1) is 16.5 Å². The van der Waals surface area contributed by atoms with E-state index in [1.54, 1.807) is 0 Å². The number of phenolic OH excluding ortho intramolecular Hbond substituents is 3. The normalized spacial score (nSPS) is 17.9. The van der Waals surface area contributed by atoms with Crippen molar-refractivity contribution in [3.63, 3.8) is 0 Å². The molecule has 7 N–H and O–H groups in total. The first-order chi connectivity index (χ1) is 25.6. The van der Waals surface area contributed by atoms with Crippen LogP contribution in [0, 0.1) is 17.5 Å². The molecule has 0 saturated carbocycles. The van der Waals surface area contributed by atoms with Gasteiger partial charge in [0.1, 0.15) is 34.7 Å². The van der Waals surface area contributed by atoms with Crippen LogP contribution in [0.5, 0.6) is 23.0 Å². The zero-order valence-corrected chi connectivity index (χ0v) is 28.5. The zero-order valence-electron chi connectivity index (χ0n) is 27.8. The van der Waals surface area contributed by atoms with Gasteiger partial charge in [-0.05, 0) is 55.2 Å². The van der Waals surface area contributed by atoms with Crippen molar-refractivity contribution in [1.29, 1.82) is 0 Å². The van der Waals surface area contributed by atoms with Gasteiger partial charge in [-0.15, -0.1) is 0 Å². The number of amides is 6. The summed E-state index contributed by atoms with van der Waals surface area (Å²) in [4.78, 5) is 68.9. The van der Waals surface area contributed by atoms with Crippen LogP contribution in [0.1, 0.15) is 50.7 Å². The van der Waals surface area contributed by atoms with Gasteiger partial charge in [0.2, 0.25) is 5.91 Å². The van der Waals surface area contributed by atoms with Crippen molar-refractivity contribution in [2.75, 3.05) is 26.2 Å². The van der Waals surface area contributed by atoms with Crippen LogP contribution in [-0.2, 0) is 11.2 Å². The van der Waals surface area contributed by atoms with Gasteiger partial charge in [0.15, 0.2) is 17.3 Å². The Labute approximate surface area is 308 Å². The summed E-state index contributed by atoms with van der Waals surface area (Å²) in [6.45, 7) is 0.115. The number of benzene rings is 3. The predicted octanol–water partition coefficient (Wildman–Crippen LogP) is 2.51. The lowest BCUT2D eigenvalue weighted by atomic mass is 9.72. The van der Waals surface area contributed by atoms with E-state index in [0.717, 1.165) is 29.2 Å². The topological polar surface area (TPSA) is 230 Å². The van der Waals surface area contributed by atoms with E-state index in [0.29, 0.717) is 6.07 Å². The highest BCUT2D eigenvalue weighted by atomic mass is 35.5. The number of halogens is 4. The number of nitrogens with one attached hydrogen (secondary N) is 2. The van der Waals surface area contributed by atoms with Gasteiger partial charge >= 0.3 is 25.1 Å². The van der Waals surface area contributed by atoms with E-state index < -0.39 is 106 Å². The number of fused-ring (bicyclic) bond motifs is 1. The highest BCUT2D eigenvalue weighted by Gasteiger charge is 2.43. The van der Waals surface area contributed by atoms with E-state index >= 15 is 0 Å². The summed E-state index contributed by atoms with van der Waals surface area (Å²) in [6.07, 6.45) is 0.213. The van der Waals surface area contributed by atoms with Gasteiger partial charge in [-0.25, -0.2) is 32.5 Å². The molecule has 2 fully saturated rings. The molecule has 21 heteroatoms. The molecule has 16 nitrogen and oxygen atoms in total. The fraction of sp³-hybridized carbons (Fsp3) is 0.303. The molecule has 0 bridgehead atoms. The van der Waals surface area contributed by atoms with E-state index in [2.05, 4.69) is 10.6 Å². The molecule has 0 aliphatic carbocycles. The SMILES string of the molecule is O=C(O)c1c(F)ccc2c1OB(O)[C@@H](NC(=O)[C@H](NC(=O)N1CCN(C3CCN(C(=O)c4cc(O)ccc4F)CC3)C1=O)c1cc(F)c(O)c(O)c1Cl)C2. The number of phenols is 3. The van der Waals surface area contributed by atoms with Crippen LogP contribution in [0.25, 0.3) is 0 Å². The minimum atomic E-state index is -1.99. The Bertz CT molecular complexity index is 2070. The summed E-state index contributed by atoms with van der Waals surface area (Å²) >= 11 is 6.17. The largest absolute Gasteiger partial charge is 0.547 e. The third-order valence-electron chi connectivity index (χ3n) is 9.45. The number of aromatic carboxylic acids is 1. The highest BCUT2D eigenvalue weighted by Crippen LogP contribution is 2.41. The quantitative estimate of drug-likeness (QED) is 0.136. The molecule has 0 radical (unpaired) electrons. The van der Waals surface area contributed by atoms with Crippen molar-refractivity contribution in [2.24, 2.45) is 0 Å². The van der Waals surface area contributed by atoms with Crippen molar-refractivity contribution in [3.05, 3.63) is 81.1 Å². The van der Waals surface area contributed by atoms with Crippen molar-refractivity contribution in [2.45, 2.75) is 37.3 Å². The predicted molar refractivity (Wildman–Crippen MR) is 179 cm³/mol. The maximum absolute atomic E-state index is 14.7. The maximum atomic E-state index is 14.7. The van der Waals surface area contributed by atoms with E-state index in [1.807, 2.05) is 0 Å². The summed E-state index contributed by atoms with van der Waals surface area (Å²) in [6, 6.07) is 1.29. The van der Waals surface area contributed by atoms with Crippen LogP contribution in [0.15, 0.2) is 36.4 Å². The standard InChI is InChI=1S/C33H30BClF3N5O11/c35-24-18(13-21(38)26(45)27(24)46)25(29(47)39-22-11-14-1-3-20(37)23(31(49)50)28(14)54-34(22)53)40-32(51)43-10-9-42(33(43)52)15-5-7-41(8-6-15)30(48)17-12-16(44)2-4-19(17)36/h1-4,12-13,15,22,25,44-46,53H,5-11H2,(H,39,47)(H,40,51)(H,49,50)/t22-,25+/m0/s1. The molecule has 0 spiro atoms. The minimum Gasteiger partial charge on any atom is -0.534 e. The molecule has 3 heterocycles. The molecule has 3 aliphatic rings. The summed E-state index contributed by atoms with van der Waals surface area (Å²) in [7, 11) is -1.95. The number of carboxylic acid groups (broad SMARTS) is 1. The van der Waals surface area contributed by atoms with Gasteiger partial charge in [-0.1, -0.05) is 17.7 Å². The highest BCUT2D eigenvalue weighted by molar-refractivity contribution is 6.47. The van der Waals surface area contributed by atoms with Crippen LogP contribution in [0.4, 0.5) is 22.8 Å². The summed E-state index contributed by atoms with van der Waals surface area (Å²) in [5.41, 5.74) is -1.65. The van der Waals surface area contributed by atoms with Crippen molar-refractivity contribution in [3.8, 4) is 23.0 Å². The molecule has 0 aromatic heterocycles. The number of piperidine rings is 1. The van der Waals surface area contributed by atoms with Gasteiger partial charge in [-0.2, -0.15) is 0 Å². The lowest BCUT2D eigenvalue weighted by Gasteiger charge is -2.36. The van der Waals surface area contributed by atoms with Gasteiger partial charge in [0, 0.05) is 37.8 Å². The second-order valence-corrected chi connectivity index (χ2v) is 13.1. The number of carbonyl (C=O) groups is 5. The molecule has 0 unspecified atom stereocenters. The van der Waals surface area contributed by atoms with Crippen LogP contribution in [0.2, 0.25) is 5.02 Å². The lowest BCUT2D eigenvalue weighted by molar-refractivity contribution is -0.123. The van der Waals surface area contributed by atoms with E-state index in [4.69, 9.17) is 16.3 Å². The Morgan fingerprint density at radius 1 is 0.926 bits per heavy atom.